The second-order valence-corrected chi connectivity index (χ2v) is 9.10. The van der Waals surface area contributed by atoms with E-state index in [0.717, 1.165) is 0 Å². The molecule has 5 aromatic rings. The quantitative estimate of drug-likeness (QED) is 0.0903. The van der Waals surface area contributed by atoms with E-state index in [-0.39, 0.29) is 63.2 Å². The van der Waals surface area contributed by atoms with E-state index in [9.17, 15) is 35.1 Å². The molecule has 0 radical (unpaired) electrons. The van der Waals surface area contributed by atoms with Crippen LogP contribution in [-0.4, -0.2) is 25.8 Å². The third kappa shape index (κ3) is 7.07. The van der Waals surface area contributed by atoms with E-state index in [4.69, 9.17) is 17.3 Å². The van der Waals surface area contributed by atoms with E-state index in [1.165, 1.54) is 48.5 Å². The van der Waals surface area contributed by atoms with E-state index in [2.05, 4.69) is 0 Å². The molecule has 2 aromatic carbocycles. The Morgan fingerprint density at radius 3 is 1.98 bits per heavy atom. The first kappa shape index (κ1) is 32.1. The molecule has 0 saturated carbocycles. The van der Waals surface area contributed by atoms with Gasteiger partial charge in [-0.15, -0.1) is 0 Å². The lowest BCUT2D eigenvalue weighted by atomic mass is 10.1. The highest BCUT2D eigenvalue weighted by Gasteiger charge is 2.23. The number of carbonyl (C=O) groups is 2. The van der Waals surface area contributed by atoms with Crippen molar-refractivity contribution in [3.63, 3.8) is 0 Å². The number of rotatable bonds is 7. The third-order valence-corrected chi connectivity index (χ3v) is 6.49. The van der Waals surface area contributed by atoms with Crippen LogP contribution in [-0.2, 0) is 6.54 Å². The predicted molar refractivity (Wildman–Crippen MR) is 152 cm³/mol. The lowest BCUT2D eigenvalue weighted by molar-refractivity contribution is -0.681. The number of nitriles is 1. The molecule has 0 aliphatic carbocycles. The van der Waals surface area contributed by atoms with Crippen LogP contribution in [0.3, 0.4) is 0 Å². The van der Waals surface area contributed by atoms with Gasteiger partial charge < -0.3 is 27.1 Å². The first-order valence-electron chi connectivity index (χ1n) is 12.1. The molecule has 2 N–H and O–H groups in total. The molecule has 0 aliphatic heterocycles. The van der Waals surface area contributed by atoms with Gasteiger partial charge in [-0.05, 0) is 54.1 Å². The number of fused-ring (bicyclic) bond motifs is 1. The molecule has 0 saturated heterocycles. The summed E-state index contributed by atoms with van der Waals surface area (Å²) in [7, 11) is 0. The highest BCUT2D eigenvalue weighted by Crippen LogP contribution is 2.28. The number of hydrogen-bond donors (Lipinski definition) is 1. The molecule has 5 rings (SSSR count). The number of nitrogens with zero attached hydrogens (tertiary/aromatic N) is 5. The molecule has 3 aromatic heterocycles. The average molecular weight is 664 g/mol. The van der Waals surface area contributed by atoms with Crippen molar-refractivity contribution < 1.29 is 41.0 Å². The minimum Gasteiger partial charge on any atom is -1.00 e. The summed E-state index contributed by atoms with van der Waals surface area (Å²) in [6.07, 6.45) is 3.34. The van der Waals surface area contributed by atoms with E-state index in [1.54, 1.807) is 57.8 Å². The standard InChI is InChI=1S/C16H10N4O3.C13H10ClN2O3.BrH/c17-9-12-13-3-1-2-8-19(13)15(14(12)18)16(21)10-4-6-11(7-5-10)20(22)23;14-13-3-1-2-8-15(13)9-12(17)10-4-6-11(7-5-10)16(18)19;/h1-8H,18H2;1-8H,9H2;1H/q;+1;/p-1. The van der Waals surface area contributed by atoms with Crippen LogP contribution in [0.2, 0.25) is 5.15 Å². The maximum atomic E-state index is 12.7. The number of anilines is 1. The lowest BCUT2D eigenvalue weighted by Crippen LogP contribution is -3.00. The van der Waals surface area contributed by atoms with Crippen molar-refractivity contribution in [3.05, 3.63) is 145 Å². The fourth-order valence-corrected chi connectivity index (χ4v) is 4.24. The summed E-state index contributed by atoms with van der Waals surface area (Å²) in [5.74, 6) is -0.562. The van der Waals surface area contributed by atoms with Crippen molar-refractivity contribution in [3.8, 4) is 6.07 Å². The van der Waals surface area contributed by atoms with Crippen LogP contribution in [0, 0.1) is 31.6 Å². The molecule has 12 nitrogen and oxygen atoms in total. The molecule has 0 unspecified atom stereocenters. The predicted octanol–water partition coefficient (Wildman–Crippen LogP) is 1.95. The summed E-state index contributed by atoms with van der Waals surface area (Å²) < 4.78 is 3.16. The maximum absolute atomic E-state index is 12.7. The van der Waals surface area contributed by atoms with Gasteiger partial charge in [0.15, 0.2) is 6.20 Å². The van der Waals surface area contributed by atoms with Crippen molar-refractivity contribution in [2.75, 3.05) is 5.73 Å². The molecule has 0 amide bonds. The molecular weight excluding hydrogens is 644 g/mol. The molecule has 0 spiro atoms. The molecular formula is C29H20BrClN6O6. The number of nitrogens with two attached hydrogens (primary N) is 1. The Labute approximate surface area is 259 Å². The zero-order valence-electron chi connectivity index (χ0n) is 22.0. The number of hydrogen-bond acceptors (Lipinski definition) is 8. The Kier molecular flexibility index (Phi) is 10.4. The van der Waals surface area contributed by atoms with E-state index >= 15 is 0 Å². The summed E-state index contributed by atoms with van der Waals surface area (Å²) in [5, 5.41) is 30.9. The molecule has 0 atom stereocenters. The van der Waals surface area contributed by atoms with Crippen molar-refractivity contribution in [2.24, 2.45) is 0 Å². The second kappa shape index (κ2) is 13.9. The largest absolute Gasteiger partial charge is 1.00 e. The van der Waals surface area contributed by atoms with Gasteiger partial charge in [0.1, 0.15) is 17.3 Å². The zero-order chi connectivity index (χ0) is 30.4. The van der Waals surface area contributed by atoms with Crippen molar-refractivity contribution in [1.82, 2.24) is 4.40 Å². The number of halogens is 2. The molecule has 0 fully saturated rings. The Bertz CT molecular complexity index is 1890. The first-order chi connectivity index (χ1) is 20.1. The van der Waals surface area contributed by atoms with E-state index in [0.29, 0.717) is 16.2 Å². The van der Waals surface area contributed by atoms with Gasteiger partial charge in [-0.2, -0.15) is 9.83 Å². The molecule has 216 valence electrons. The van der Waals surface area contributed by atoms with Crippen LogP contribution in [0.15, 0.2) is 97.3 Å². The monoisotopic (exact) mass is 662 g/mol. The minimum absolute atomic E-state index is 0. The topological polar surface area (TPSA) is 179 Å². The normalized spacial score (nSPS) is 10.0. The van der Waals surface area contributed by atoms with Crippen LogP contribution >= 0.6 is 11.6 Å². The van der Waals surface area contributed by atoms with Crippen LogP contribution in [0.5, 0.6) is 0 Å². The number of aromatic nitrogens is 2. The van der Waals surface area contributed by atoms with Gasteiger partial charge in [-0.25, -0.2) is 0 Å². The zero-order valence-corrected chi connectivity index (χ0v) is 24.3. The van der Waals surface area contributed by atoms with Crippen LogP contribution in [0.1, 0.15) is 32.0 Å². The number of nitro groups is 2. The SMILES string of the molecule is N#Cc1c(N)c(C(=O)c2ccc([N+](=O)[O-])cc2)n2ccccc12.O=C(C[n+]1ccccc1Cl)c1ccc([N+](=O)[O-])cc1.[Br-]. The number of ketones is 2. The number of benzene rings is 2. The number of nitro benzene ring substituents is 2. The third-order valence-electron chi connectivity index (χ3n) is 6.15. The average Bonchev–Trinajstić information content (AvgIpc) is 3.29. The highest BCUT2D eigenvalue weighted by atomic mass is 79.9. The Morgan fingerprint density at radius 1 is 0.884 bits per heavy atom. The molecule has 0 aliphatic rings. The van der Waals surface area contributed by atoms with Crippen LogP contribution in [0.25, 0.3) is 5.52 Å². The van der Waals surface area contributed by atoms with Gasteiger partial charge in [-0.1, -0.05) is 6.07 Å². The fourth-order valence-electron chi connectivity index (χ4n) is 4.05. The summed E-state index contributed by atoms with van der Waals surface area (Å²) in [5.41, 5.74) is 7.54. The van der Waals surface area contributed by atoms with Gasteiger partial charge in [-0.3, -0.25) is 29.8 Å². The van der Waals surface area contributed by atoms with E-state index in [1.807, 2.05) is 6.07 Å². The molecule has 0 bridgehead atoms. The summed E-state index contributed by atoms with van der Waals surface area (Å²) in [4.78, 5) is 44.9. The Balaban J connectivity index is 0.000000234. The Morgan fingerprint density at radius 2 is 1.44 bits per heavy atom. The van der Waals surface area contributed by atoms with Gasteiger partial charge in [0.05, 0.1) is 21.1 Å². The van der Waals surface area contributed by atoms with Gasteiger partial charge >= 0.3 is 0 Å². The first-order valence-corrected chi connectivity index (χ1v) is 12.5. The maximum Gasteiger partial charge on any atom is 0.275 e. The number of Topliss-reactive ketones (excluding diaryl/α,β-unsaturated/α-hetero) is 1. The highest BCUT2D eigenvalue weighted by molar-refractivity contribution is 6.28. The van der Waals surface area contributed by atoms with E-state index < -0.39 is 15.6 Å². The van der Waals surface area contributed by atoms with Gasteiger partial charge in [0.2, 0.25) is 18.1 Å². The van der Waals surface area contributed by atoms with Crippen molar-refractivity contribution >= 4 is 45.7 Å². The summed E-state index contributed by atoms with van der Waals surface area (Å²) in [6, 6.07) is 23.1. The Hall–Kier alpha value is -5.45. The van der Waals surface area contributed by atoms with Crippen LogP contribution < -0.4 is 27.3 Å². The van der Waals surface area contributed by atoms with Gasteiger partial charge in [0.25, 0.3) is 16.5 Å². The second-order valence-electron chi connectivity index (χ2n) is 8.72. The minimum atomic E-state index is -0.539. The van der Waals surface area contributed by atoms with Crippen LogP contribution in [0.4, 0.5) is 17.1 Å². The number of nitrogen functional groups attached to an aromatic ring is 1. The van der Waals surface area contributed by atoms with Crippen molar-refractivity contribution in [1.29, 1.82) is 5.26 Å². The smallest absolute Gasteiger partial charge is 0.275 e. The molecule has 43 heavy (non-hydrogen) atoms. The number of pyridine rings is 2. The number of carbonyl (C=O) groups excluding carboxylic acids is 2. The summed E-state index contributed by atoms with van der Waals surface area (Å²) >= 11 is 5.94. The fraction of sp³-hybridized carbons (Fsp3) is 0.0345. The molecule has 3 heterocycles. The van der Waals surface area contributed by atoms with Crippen molar-refractivity contribution in [2.45, 2.75) is 6.54 Å². The molecule has 14 heteroatoms. The summed E-state index contributed by atoms with van der Waals surface area (Å²) in [6.45, 7) is 0.0947. The van der Waals surface area contributed by atoms with Gasteiger partial charge in [0, 0.05) is 53.7 Å². The lowest BCUT2D eigenvalue weighted by Gasteiger charge is -2.03. The number of non-ortho nitro benzene ring substituents is 2.